The van der Waals surface area contributed by atoms with Crippen molar-refractivity contribution in [2.75, 3.05) is 0 Å². The first-order valence-corrected chi connectivity index (χ1v) is 6.65. The van der Waals surface area contributed by atoms with Crippen LogP contribution in [0.15, 0.2) is 48.8 Å². The first-order chi connectivity index (χ1) is 9.16. The molecule has 0 saturated heterocycles. The van der Waals surface area contributed by atoms with E-state index in [1.54, 1.807) is 36.7 Å². The van der Waals surface area contributed by atoms with Crippen molar-refractivity contribution in [3.63, 3.8) is 0 Å². The van der Waals surface area contributed by atoms with E-state index < -0.39 is 6.61 Å². The molecule has 5 heteroatoms. The van der Waals surface area contributed by atoms with Crippen molar-refractivity contribution in [3.05, 3.63) is 59.9 Å². The van der Waals surface area contributed by atoms with Crippen molar-refractivity contribution in [2.24, 2.45) is 0 Å². The number of ether oxygens (including phenoxy) is 1. The molecule has 0 N–H and O–H groups in total. The summed E-state index contributed by atoms with van der Waals surface area (Å²) in [6.45, 7) is -2.82. The number of rotatable bonds is 5. The number of nitrogens with zero attached hydrogens (tertiary/aromatic N) is 1. The van der Waals surface area contributed by atoms with Crippen molar-refractivity contribution in [1.82, 2.24) is 4.98 Å². The summed E-state index contributed by atoms with van der Waals surface area (Å²) in [6, 6.07) is 10.6. The van der Waals surface area contributed by atoms with E-state index in [4.69, 9.17) is 0 Å². The maximum absolute atomic E-state index is 12.3. The van der Waals surface area contributed by atoms with Gasteiger partial charge in [0.1, 0.15) is 5.75 Å². The molecule has 2 nitrogen and oxygen atoms in total. The van der Waals surface area contributed by atoms with Crippen LogP contribution in [0.4, 0.5) is 8.78 Å². The summed E-state index contributed by atoms with van der Waals surface area (Å²) in [5, 5.41) is 0. The summed E-state index contributed by atoms with van der Waals surface area (Å²) in [7, 11) is 0. The van der Waals surface area contributed by atoms with E-state index in [9.17, 15) is 8.78 Å². The van der Waals surface area contributed by atoms with Crippen molar-refractivity contribution >= 4 is 15.9 Å². The van der Waals surface area contributed by atoms with Gasteiger partial charge in [0.25, 0.3) is 0 Å². The summed E-state index contributed by atoms with van der Waals surface area (Å²) >= 11 is 3.52. The Hall–Kier alpha value is -1.49. The number of hydrogen-bond donors (Lipinski definition) is 0. The highest BCUT2D eigenvalue weighted by atomic mass is 79.9. The van der Waals surface area contributed by atoms with Crippen LogP contribution in [0.3, 0.4) is 0 Å². The van der Waals surface area contributed by atoms with Crippen LogP contribution in [-0.2, 0) is 6.42 Å². The highest BCUT2D eigenvalue weighted by Crippen LogP contribution is 2.34. The van der Waals surface area contributed by atoms with Crippen LogP contribution in [-0.4, -0.2) is 11.6 Å². The summed E-state index contributed by atoms with van der Waals surface area (Å²) in [4.78, 5) is 3.85. The Kier molecular flexibility index (Phi) is 4.85. The summed E-state index contributed by atoms with van der Waals surface area (Å²) in [6.07, 6.45) is 4.08. The second kappa shape index (κ2) is 6.61. The van der Waals surface area contributed by atoms with Crippen LogP contribution in [0, 0.1) is 0 Å². The minimum Gasteiger partial charge on any atom is -0.435 e. The van der Waals surface area contributed by atoms with Crippen LogP contribution in [0.5, 0.6) is 5.75 Å². The SMILES string of the molecule is FC(F)Oc1ccccc1C(Br)Cc1ccncc1. The lowest BCUT2D eigenvalue weighted by atomic mass is 10.0. The van der Waals surface area contributed by atoms with Gasteiger partial charge in [-0.25, -0.2) is 0 Å². The third kappa shape index (κ3) is 3.99. The summed E-state index contributed by atoms with van der Waals surface area (Å²) < 4.78 is 29.2. The van der Waals surface area contributed by atoms with E-state index in [1.165, 1.54) is 0 Å². The fourth-order valence-electron chi connectivity index (χ4n) is 1.78. The van der Waals surface area contributed by atoms with Gasteiger partial charge < -0.3 is 4.74 Å². The zero-order valence-electron chi connectivity index (χ0n) is 9.97. The van der Waals surface area contributed by atoms with E-state index in [-0.39, 0.29) is 10.6 Å². The number of pyridine rings is 1. The molecular weight excluding hydrogens is 316 g/mol. The number of benzene rings is 1. The minimum absolute atomic E-state index is 0.0927. The number of halogens is 3. The molecule has 0 spiro atoms. The molecule has 0 aliphatic carbocycles. The molecule has 0 saturated carbocycles. The monoisotopic (exact) mass is 327 g/mol. The topological polar surface area (TPSA) is 22.1 Å². The van der Waals surface area contributed by atoms with E-state index in [0.29, 0.717) is 12.0 Å². The minimum atomic E-state index is -2.82. The van der Waals surface area contributed by atoms with Gasteiger partial charge in [-0.15, -0.1) is 0 Å². The first-order valence-electron chi connectivity index (χ1n) is 5.73. The van der Waals surface area contributed by atoms with E-state index >= 15 is 0 Å². The second-order valence-electron chi connectivity index (χ2n) is 3.94. The Labute approximate surface area is 118 Å². The standard InChI is InChI=1S/C14H12BrF2NO/c15-12(9-10-5-7-18-8-6-10)11-3-1-2-4-13(11)19-14(16)17/h1-8,12,14H,9H2. The number of para-hydroxylation sites is 1. The number of aromatic nitrogens is 1. The first kappa shape index (κ1) is 13.9. The second-order valence-corrected chi connectivity index (χ2v) is 5.05. The van der Waals surface area contributed by atoms with Crippen LogP contribution in [0.1, 0.15) is 16.0 Å². The van der Waals surface area contributed by atoms with Gasteiger partial charge in [0.15, 0.2) is 0 Å². The van der Waals surface area contributed by atoms with Crippen LogP contribution >= 0.6 is 15.9 Å². The van der Waals surface area contributed by atoms with Gasteiger partial charge in [-0.05, 0) is 30.2 Å². The largest absolute Gasteiger partial charge is 0.435 e. The fraction of sp³-hybridized carbons (Fsp3) is 0.214. The van der Waals surface area contributed by atoms with Gasteiger partial charge in [-0.2, -0.15) is 8.78 Å². The predicted molar refractivity (Wildman–Crippen MR) is 72.7 cm³/mol. The van der Waals surface area contributed by atoms with Crippen molar-refractivity contribution in [3.8, 4) is 5.75 Å². The molecule has 0 radical (unpaired) electrons. The molecule has 1 heterocycles. The van der Waals surface area contributed by atoms with Crippen LogP contribution in [0.2, 0.25) is 0 Å². The van der Waals surface area contributed by atoms with E-state index in [0.717, 1.165) is 5.56 Å². The normalized spacial score (nSPS) is 12.4. The average molecular weight is 328 g/mol. The zero-order chi connectivity index (χ0) is 13.7. The smallest absolute Gasteiger partial charge is 0.387 e. The summed E-state index contributed by atoms with van der Waals surface area (Å²) in [5.74, 6) is 0.202. The van der Waals surface area contributed by atoms with Gasteiger partial charge in [-0.3, -0.25) is 4.98 Å². The molecule has 2 rings (SSSR count). The molecule has 1 aromatic heterocycles. The van der Waals surface area contributed by atoms with Gasteiger partial charge in [-0.1, -0.05) is 34.1 Å². The predicted octanol–water partition coefficient (Wildman–Crippen LogP) is 4.36. The summed E-state index contributed by atoms with van der Waals surface area (Å²) in [5.41, 5.74) is 1.78. The highest BCUT2D eigenvalue weighted by molar-refractivity contribution is 9.09. The molecule has 1 unspecified atom stereocenters. The molecule has 0 aliphatic rings. The van der Waals surface area contributed by atoms with Crippen molar-refractivity contribution in [1.29, 1.82) is 0 Å². The Morgan fingerprint density at radius 2 is 1.79 bits per heavy atom. The van der Waals surface area contributed by atoms with Crippen molar-refractivity contribution in [2.45, 2.75) is 17.9 Å². The lowest BCUT2D eigenvalue weighted by Gasteiger charge is -2.15. The van der Waals surface area contributed by atoms with Gasteiger partial charge in [0, 0.05) is 22.8 Å². The molecule has 0 amide bonds. The molecule has 19 heavy (non-hydrogen) atoms. The molecule has 2 aromatic rings. The van der Waals surface area contributed by atoms with Crippen LogP contribution in [0.25, 0.3) is 0 Å². The van der Waals surface area contributed by atoms with Crippen molar-refractivity contribution < 1.29 is 13.5 Å². The lowest BCUT2D eigenvalue weighted by molar-refractivity contribution is -0.0504. The molecule has 1 atom stereocenters. The number of alkyl halides is 3. The fourth-order valence-corrected chi connectivity index (χ4v) is 2.53. The molecule has 1 aromatic carbocycles. The highest BCUT2D eigenvalue weighted by Gasteiger charge is 2.16. The third-order valence-corrected chi connectivity index (χ3v) is 3.45. The molecular formula is C14H12BrF2NO. The Balaban J connectivity index is 2.16. The quantitative estimate of drug-likeness (QED) is 0.761. The lowest BCUT2D eigenvalue weighted by Crippen LogP contribution is -2.06. The van der Waals surface area contributed by atoms with E-state index in [1.807, 2.05) is 12.1 Å². The van der Waals surface area contributed by atoms with Gasteiger partial charge >= 0.3 is 6.61 Å². The molecule has 100 valence electrons. The van der Waals surface area contributed by atoms with E-state index in [2.05, 4.69) is 25.7 Å². The van der Waals surface area contributed by atoms with Gasteiger partial charge in [0.2, 0.25) is 0 Å². The van der Waals surface area contributed by atoms with Gasteiger partial charge in [0.05, 0.1) is 0 Å². The zero-order valence-corrected chi connectivity index (χ0v) is 11.6. The third-order valence-electron chi connectivity index (χ3n) is 2.64. The maximum Gasteiger partial charge on any atom is 0.387 e. The number of hydrogen-bond acceptors (Lipinski definition) is 2. The molecule has 0 bridgehead atoms. The maximum atomic E-state index is 12.3. The Morgan fingerprint density at radius 3 is 2.47 bits per heavy atom. The molecule has 0 aliphatic heterocycles. The molecule has 0 fully saturated rings. The average Bonchev–Trinajstić information content (AvgIpc) is 2.39. The van der Waals surface area contributed by atoms with Crippen LogP contribution < -0.4 is 4.74 Å². The Morgan fingerprint density at radius 1 is 1.11 bits per heavy atom. The Bertz CT molecular complexity index is 522.